The molecule has 1 heterocycles. The fourth-order valence-corrected chi connectivity index (χ4v) is 4.47. The Balaban J connectivity index is 1.66. The number of halogens is 1. The molecule has 1 N–H and O–H groups in total. The maximum Gasteiger partial charge on any atom is 0.264 e. The molecule has 164 valence electrons. The van der Waals surface area contributed by atoms with Crippen LogP contribution in [0.3, 0.4) is 0 Å². The van der Waals surface area contributed by atoms with Gasteiger partial charge < -0.3 is 10.0 Å². The van der Waals surface area contributed by atoms with E-state index in [2.05, 4.69) is 36.7 Å². The van der Waals surface area contributed by atoms with Gasteiger partial charge in [0.2, 0.25) is 0 Å². The zero-order chi connectivity index (χ0) is 23.1. The van der Waals surface area contributed by atoms with Crippen molar-refractivity contribution in [3.63, 3.8) is 0 Å². The Morgan fingerprint density at radius 3 is 2.28 bits per heavy atom. The van der Waals surface area contributed by atoms with Crippen molar-refractivity contribution >= 4 is 33.3 Å². The monoisotopic (exact) mass is 491 g/mol. The van der Waals surface area contributed by atoms with Crippen molar-refractivity contribution < 1.29 is 14.7 Å². The molecule has 1 amide bonds. The van der Waals surface area contributed by atoms with Gasteiger partial charge in [0.05, 0.1) is 18.7 Å². The second-order valence-electron chi connectivity index (χ2n) is 9.33. The summed E-state index contributed by atoms with van der Waals surface area (Å²) >= 11 is 3.44. The summed E-state index contributed by atoms with van der Waals surface area (Å²) in [6, 6.07) is 22.4. The lowest BCUT2D eigenvalue weighted by atomic mass is 9.85. The van der Waals surface area contributed by atoms with Gasteiger partial charge in [-0.15, -0.1) is 0 Å². The molecule has 0 aliphatic carbocycles. The second-order valence-corrected chi connectivity index (χ2v) is 10.2. The second kappa shape index (κ2) is 8.30. The average molecular weight is 492 g/mol. The summed E-state index contributed by atoms with van der Waals surface area (Å²) in [5, 5.41) is 11.6. The summed E-state index contributed by atoms with van der Waals surface area (Å²) < 4.78 is 0.742. The number of hydrogen-bond acceptors (Lipinski definition) is 3. The first kappa shape index (κ1) is 22.4. The van der Waals surface area contributed by atoms with E-state index < -0.39 is 11.5 Å². The first-order chi connectivity index (χ1) is 15.1. The quantitative estimate of drug-likeness (QED) is 0.462. The fourth-order valence-electron chi connectivity index (χ4n) is 4.11. The number of rotatable bonds is 5. The number of amides is 1. The minimum absolute atomic E-state index is 0.0235. The predicted molar refractivity (Wildman–Crippen MR) is 130 cm³/mol. The molecule has 0 fully saturated rings. The molecule has 4 rings (SSSR count). The number of fused-ring (bicyclic) bond motifs is 1. The SMILES string of the molecule is CC(C)(C)c1ccc(C(=O)CC2(O)C(=O)N(Cc3ccccc3)c3ccc(Br)cc32)cc1. The molecule has 0 saturated heterocycles. The normalized spacial score (nSPS) is 18.0. The molecule has 3 aromatic rings. The van der Waals surface area contributed by atoms with E-state index in [9.17, 15) is 14.7 Å². The smallest absolute Gasteiger partial charge is 0.264 e. The lowest BCUT2D eigenvalue weighted by molar-refractivity contribution is -0.136. The van der Waals surface area contributed by atoms with E-state index in [-0.39, 0.29) is 17.6 Å². The lowest BCUT2D eigenvalue weighted by Gasteiger charge is -2.23. The number of ketones is 1. The van der Waals surface area contributed by atoms with Crippen LogP contribution in [-0.2, 0) is 22.4 Å². The van der Waals surface area contributed by atoms with Gasteiger partial charge in [0.25, 0.3) is 5.91 Å². The Morgan fingerprint density at radius 1 is 1.00 bits per heavy atom. The molecule has 1 aliphatic rings. The summed E-state index contributed by atoms with van der Waals surface area (Å²) in [5.74, 6) is -0.747. The molecule has 1 atom stereocenters. The van der Waals surface area contributed by atoms with Gasteiger partial charge in [-0.3, -0.25) is 9.59 Å². The van der Waals surface area contributed by atoms with Crippen LogP contribution in [0.4, 0.5) is 5.69 Å². The number of anilines is 1. The molecule has 32 heavy (non-hydrogen) atoms. The number of carbonyl (C=O) groups excluding carboxylic acids is 2. The molecular formula is C27H26BrNO3. The van der Waals surface area contributed by atoms with E-state index in [1.54, 1.807) is 29.2 Å². The van der Waals surface area contributed by atoms with Crippen LogP contribution >= 0.6 is 15.9 Å². The van der Waals surface area contributed by atoms with Gasteiger partial charge in [0, 0.05) is 15.6 Å². The molecule has 5 heteroatoms. The van der Waals surface area contributed by atoms with E-state index in [1.165, 1.54) is 0 Å². The van der Waals surface area contributed by atoms with Crippen LogP contribution in [0.5, 0.6) is 0 Å². The van der Waals surface area contributed by atoms with E-state index >= 15 is 0 Å². The number of benzene rings is 3. The Kier molecular flexibility index (Phi) is 5.82. The topological polar surface area (TPSA) is 57.6 Å². The van der Waals surface area contributed by atoms with Crippen molar-refractivity contribution in [1.29, 1.82) is 0 Å². The van der Waals surface area contributed by atoms with Crippen molar-refractivity contribution in [1.82, 2.24) is 0 Å². The van der Waals surface area contributed by atoms with E-state index in [0.29, 0.717) is 23.4 Å². The molecule has 4 nitrogen and oxygen atoms in total. The van der Waals surface area contributed by atoms with Gasteiger partial charge in [0.1, 0.15) is 0 Å². The predicted octanol–water partition coefficient (Wildman–Crippen LogP) is 5.75. The van der Waals surface area contributed by atoms with Gasteiger partial charge >= 0.3 is 0 Å². The molecule has 0 saturated carbocycles. The Bertz CT molecular complexity index is 1170. The molecular weight excluding hydrogens is 466 g/mol. The van der Waals surface area contributed by atoms with Crippen LogP contribution in [-0.4, -0.2) is 16.8 Å². The number of hydrogen-bond donors (Lipinski definition) is 1. The Hall–Kier alpha value is -2.76. The number of aliphatic hydroxyl groups is 1. The largest absolute Gasteiger partial charge is 0.375 e. The van der Waals surface area contributed by atoms with Crippen molar-refractivity contribution in [3.8, 4) is 0 Å². The van der Waals surface area contributed by atoms with Gasteiger partial charge in [-0.05, 0) is 34.7 Å². The summed E-state index contributed by atoms with van der Waals surface area (Å²) in [7, 11) is 0. The first-order valence-electron chi connectivity index (χ1n) is 10.6. The van der Waals surface area contributed by atoms with Gasteiger partial charge in [-0.25, -0.2) is 0 Å². The molecule has 0 bridgehead atoms. The van der Waals surface area contributed by atoms with Crippen LogP contribution in [0.15, 0.2) is 77.3 Å². The Morgan fingerprint density at radius 2 is 1.66 bits per heavy atom. The van der Waals surface area contributed by atoms with Crippen molar-refractivity contribution in [2.24, 2.45) is 0 Å². The molecule has 0 aromatic heterocycles. The van der Waals surface area contributed by atoms with E-state index in [4.69, 9.17) is 0 Å². The Labute approximate surface area is 197 Å². The summed E-state index contributed by atoms with van der Waals surface area (Å²) in [5.41, 5.74) is 1.69. The van der Waals surface area contributed by atoms with Gasteiger partial charge in [0.15, 0.2) is 11.4 Å². The summed E-state index contributed by atoms with van der Waals surface area (Å²) in [6.07, 6.45) is -0.310. The lowest BCUT2D eigenvalue weighted by Crippen LogP contribution is -2.41. The van der Waals surface area contributed by atoms with Crippen molar-refractivity contribution in [3.05, 3.63) is 99.5 Å². The van der Waals surface area contributed by atoms with Gasteiger partial charge in [-0.2, -0.15) is 0 Å². The van der Waals surface area contributed by atoms with Crippen LogP contribution in [0.1, 0.15) is 54.2 Å². The zero-order valence-corrected chi connectivity index (χ0v) is 20.0. The van der Waals surface area contributed by atoms with Crippen molar-refractivity contribution in [2.75, 3.05) is 4.90 Å². The average Bonchev–Trinajstić information content (AvgIpc) is 2.95. The highest BCUT2D eigenvalue weighted by Gasteiger charge is 2.51. The molecule has 3 aromatic carbocycles. The number of Topliss-reactive ketones (excluding diaryl/α,β-unsaturated/α-hetero) is 1. The minimum Gasteiger partial charge on any atom is -0.375 e. The third kappa shape index (κ3) is 4.15. The summed E-state index contributed by atoms with van der Waals surface area (Å²) in [4.78, 5) is 28.2. The molecule has 0 radical (unpaired) electrons. The van der Waals surface area contributed by atoms with Crippen LogP contribution in [0.2, 0.25) is 0 Å². The van der Waals surface area contributed by atoms with E-state index in [0.717, 1.165) is 15.6 Å². The third-order valence-electron chi connectivity index (χ3n) is 5.97. The maximum atomic E-state index is 13.5. The zero-order valence-electron chi connectivity index (χ0n) is 18.4. The van der Waals surface area contributed by atoms with Crippen LogP contribution < -0.4 is 4.90 Å². The first-order valence-corrected chi connectivity index (χ1v) is 11.4. The number of carbonyl (C=O) groups is 2. The molecule has 0 spiro atoms. The highest BCUT2D eigenvalue weighted by Crippen LogP contribution is 2.44. The molecule has 1 aliphatic heterocycles. The van der Waals surface area contributed by atoms with Gasteiger partial charge in [-0.1, -0.05) is 91.3 Å². The number of nitrogens with zero attached hydrogens (tertiary/aromatic N) is 1. The van der Waals surface area contributed by atoms with Crippen LogP contribution in [0, 0.1) is 0 Å². The highest BCUT2D eigenvalue weighted by atomic mass is 79.9. The highest BCUT2D eigenvalue weighted by molar-refractivity contribution is 9.10. The minimum atomic E-state index is -1.91. The fraction of sp³-hybridized carbons (Fsp3) is 0.259. The molecule has 1 unspecified atom stereocenters. The van der Waals surface area contributed by atoms with Crippen molar-refractivity contribution in [2.45, 2.75) is 44.8 Å². The standard InChI is InChI=1S/C27H26BrNO3/c1-26(2,3)20-11-9-19(10-12-20)24(30)16-27(32)22-15-21(28)13-14-23(22)29(25(27)31)17-18-7-5-4-6-8-18/h4-15,32H,16-17H2,1-3H3. The maximum absolute atomic E-state index is 13.5. The third-order valence-corrected chi connectivity index (χ3v) is 6.46. The summed E-state index contributed by atoms with van der Waals surface area (Å²) in [6.45, 7) is 6.66. The van der Waals surface area contributed by atoms with Crippen LogP contribution in [0.25, 0.3) is 0 Å². The van der Waals surface area contributed by atoms with E-state index in [1.807, 2.05) is 48.5 Å².